The Bertz CT molecular complexity index is 1410. The lowest BCUT2D eigenvalue weighted by atomic mass is 10.0. The van der Waals surface area contributed by atoms with Crippen molar-refractivity contribution in [3.05, 3.63) is 71.4 Å². The smallest absolute Gasteiger partial charge is 0.208 e. The van der Waals surface area contributed by atoms with Crippen molar-refractivity contribution in [2.75, 3.05) is 39.2 Å². The van der Waals surface area contributed by atoms with E-state index in [0.717, 1.165) is 34.7 Å². The van der Waals surface area contributed by atoms with Crippen LogP contribution in [0, 0.1) is 17.1 Å². The number of imidazole rings is 1. The molecule has 0 aliphatic carbocycles. The molecule has 0 atom stereocenters. The van der Waals surface area contributed by atoms with Crippen molar-refractivity contribution >= 4 is 11.6 Å². The molecule has 0 fully saturated rings. The standard InChI is InChI=1S/C26H25FN6O2/c1-32(2)10-12-34-19-5-3-17(4-6-19)21-14-29-26(33-16-18(13-28)31-25(21)33)30-15-22-20-9-11-35-24(20)8-7-23(22)27/h3-8,14,16H,9-12,15H2,1-2H3,(H,29,30). The third-order valence-corrected chi connectivity index (χ3v) is 5.94. The minimum atomic E-state index is -0.286. The highest BCUT2D eigenvalue weighted by Crippen LogP contribution is 2.31. The first-order chi connectivity index (χ1) is 17.0. The summed E-state index contributed by atoms with van der Waals surface area (Å²) in [5.74, 6) is 1.68. The summed E-state index contributed by atoms with van der Waals surface area (Å²) in [6, 6.07) is 12.9. The Morgan fingerprint density at radius 3 is 2.83 bits per heavy atom. The van der Waals surface area contributed by atoms with Crippen LogP contribution in [0.3, 0.4) is 0 Å². The first-order valence-corrected chi connectivity index (χ1v) is 11.4. The molecule has 1 aliphatic rings. The molecule has 4 aromatic rings. The van der Waals surface area contributed by atoms with Gasteiger partial charge in [-0.15, -0.1) is 0 Å². The predicted molar refractivity (Wildman–Crippen MR) is 130 cm³/mol. The molecule has 1 aliphatic heterocycles. The van der Waals surface area contributed by atoms with E-state index < -0.39 is 0 Å². The molecule has 0 saturated heterocycles. The number of hydrogen-bond donors (Lipinski definition) is 1. The lowest BCUT2D eigenvalue weighted by Gasteiger charge is -2.13. The predicted octanol–water partition coefficient (Wildman–Crippen LogP) is 3.89. The fourth-order valence-electron chi connectivity index (χ4n) is 4.12. The van der Waals surface area contributed by atoms with Crippen LogP contribution in [0.25, 0.3) is 16.8 Å². The minimum Gasteiger partial charge on any atom is -0.493 e. The molecular weight excluding hydrogens is 447 g/mol. The molecule has 0 bridgehead atoms. The molecule has 2 aromatic heterocycles. The molecule has 1 N–H and O–H groups in total. The SMILES string of the molecule is CN(C)CCOc1ccc(-c2cnc(NCc3c(F)ccc4c3CCO4)n3cc(C#N)nc23)cc1. The average Bonchev–Trinajstić information content (AvgIpc) is 3.51. The van der Waals surface area contributed by atoms with Gasteiger partial charge < -0.3 is 19.7 Å². The van der Waals surface area contributed by atoms with E-state index in [0.29, 0.717) is 36.8 Å². The molecule has 0 unspecified atom stereocenters. The van der Waals surface area contributed by atoms with E-state index in [2.05, 4.69) is 26.3 Å². The van der Waals surface area contributed by atoms with Gasteiger partial charge in [0, 0.05) is 42.4 Å². The van der Waals surface area contributed by atoms with E-state index in [1.807, 2.05) is 38.4 Å². The molecule has 8 nitrogen and oxygen atoms in total. The molecule has 0 spiro atoms. The summed E-state index contributed by atoms with van der Waals surface area (Å²) in [5.41, 5.74) is 3.96. The van der Waals surface area contributed by atoms with Crippen molar-refractivity contribution in [3.63, 3.8) is 0 Å². The Hall–Kier alpha value is -4.16. The summed E-state index contributed by atoms with van der Waals surface area (Å²) in [5, 5.41) is 12.7. The zero-order valence-electron chi connectivity index (χ0n) is 19.6. The molecule has 0 amide bonds. The minimum absolute atomic E-state index is 0.235. The van der Waals surface area contributed by atoms with Crippen molar-refractivity contribution in [1.29, 1.82) is 5.26 Å². The van der Waals surface area contributed by atoms with Crippen molar-refractivity contribution in [2.24, 2.45) is 0 Å². The second-order valence-electron chi connectivity index (χ2n) is 8.56. The number of hydrogen-bond acceptors (Lipinski definition) is 7. The van der Waals surface area contributed by atoms with Gasteiger partial charge in [0.25, 0.3) is 0 Å². The number of rotatable bonds is 8. The number of nitrogens with one attached hydrogen (secondary N) is 1. The van der Waals surface area contributed by atoms with Crippen molar-refractivity contribution in [1.82, 2.24) is 19.3 Å². The largest absolute Gasteiger partial charge is 0.493 e. The van der Waals surface area contributed by atoms with E-state index in [1.165, 1.54) is 6.07 Å². The second kappa shape index (κ2) is 9.60. The topological polar surface area (TPSA) is 87.7 Å². The summed E-state index contributed by atoms with van der Waals surface area (Å²) in [7, 11) is 4.00. The number of fused-ring (bicyclic) bond motifs is 2. The molecule has 0 saturated carbocycles. The van der Waals surface area contributed by atoms with Gasteiger partial charge in [0.05, 0.1) is 12.8 Å². The fourth-order valence-corrected chi connectivity index (χ4v) is 4.12. The zero-order chi connectivity index (χ0) is 24.4. The first-order valence-electron chi connectivity index (χ1n) is 11.4. The van der Waals surface area contributed by atoms with Crippen LogP contribution in [0.15, 0.2) is 48.8 Å². The highest BCUT2D eigenvalue weighted by molar-refractivity contribution is 5.78. The van der Waals surface area contributed by atoms with Crippen LogP contribution < -0.4 is 14.8 Å². The fraction of sp³-hybridized carbons (Fsp3) is 0.269. The van der Waals surface area contributed by atoms with Gasteiger partial charge in [0.2, 0.25) is 5.95 Å². The highest BCUT2D eigenvalue weighted by Gasteiger charge is 2.20. The van der Waals surface area contributed by atoms with Gasteiger partial charge in [0.15, 0.2) is 11.3 Å². The number of ether oxygens (including phenoxy) is 2. The molecular formula is C26H25FN6O2. The molecule has 178 valence electrons. The second-order valence-corrected chi connectivity index (χ2v) is 8.56. The molecule has 3 heterocycles. The highest BCUT2D eigenvalue weighted by atomic mass is 19.1. The van der Waals surface area contributed by atoms with E-state index in [9.17, 15) is 9.65 Å². The quantitative estimate of drug-likeness (QED) is 0.416. The molecule has 5 rings (SSSR count). The molecule has 0 radical (unpaired) electrons. The summed E-state index contributed by atoms with van der Waals surface area (Å²) in [4.78, 5) is 11.1. The lowest BCUT2D eigenvalue weighted by Crippen LogP contribution is -2.19. The van der Waals surface area contributed by atoms with Gasteiger partial charge in [0.1, 0.15) is 30.0 Å². The number of halogens is 1. The van der Waals surface area contributed by atoms with Gasteiger partial charge >= 0.3 is 0 Å². The monoisotopic (exact) mass is 472 g/mol. The number of nitrogens with zero attached hydrogens (tertiary/aromatic N) is 5. The van der Waals surface area contributed by atoms with Gasteiger partial charge in [-0.3, -0.25) is 4.40 Å². The van der Waals surface area contributed by atoms with Crippen LogP contribution in [-0.4, -0.2) is 53.1 Å². The summed E-state index contributed by atoms with van der Waals surface area (Å²) < 4.78 is 27.6. The van der Waals surface area contributed by atoms with Crippen LogP contribution in [0.4, 0.5) is 10.3 Å². The summed E-state index contributed by atoms with van der Waals surface area (Å²) in [6.07, 6.45) is 4.01. The van der Waals surface area contributed by atoms with Crippen molar-refractivity contribution in [2.45, 2.75) is 13.0 Å². The Morgan fingerprint density at radius 2 is 2.06 bits per heavy atom. The molecule has 9 heteroatoms. The third kappa shape index (κ3) is 4.61. The van der Waals surface area contributed by atoms with Gasteiger partial charge in [-0.2, -0.15) is 5.26 Å². The maximum atomic E-state index is 14.6. The zero-order valence-corrected chi connectivity index (χ0v) is 19.6. The van der Waals surface area contributed by atoms with Crippen LogP contribution in [0.2, 0.25) is 0 Å². The van der Waals surface area contributed by atoms with E-state index in [-0.39, 0.29) is 18.1 Å². The Labute approximate surface area is 202 Å². The molecule has 35 heavy (non-hydrogen) atoms. The van der Waals surface area contributed by atoms with E-state index >= 15 is 0 Å². The van der Waals surface area contributed by atoms with E-state index in [1.54, 1.807) is 22.9 Å². The maximum absolute atomic E-state index is 14.6. The Balaban J connectivity index is 1.42. The number of nitriles is 1. The van der Waals surface area contributed by atoms with Crippen molar-refractivity contribution in [3.8, 4) is 28.7 Å². The summed E-state index contributed by atoms with van der Waals surface area (Å²) in [6.45, 7) is 2.21. The third-order valence-electron chi connectivity index (χ3n) is 5.94. The number of benzene rings is 2. The van der Waals surface area contributed by atoms with Gasteiger partial charge in [-0.25, -0.2) is 14.4 Å². The number of likely N-dealkylation sites (N-methyl/N-ethyl adjacent to an activating group) is 1. The van der Waals surface area contributed by atoms with Crippen LogP contribution >= 0.6 is 0 Å². The van der Waals surface area contributed by atoms with Crippen molar-refractivity contribution < 1.29 is 13.9 Å². The average molecular weight is 473 g/mol. The van der Waals surface area contributed by atoms with Gasteiger partial charge in [-0.05, 0) is 43.9 Å². The summed E-state index contributed by atoms with van der Waals surface area (Å²) >= 11 is 0. The maximum Gasteiger partial charge on any atom is 0.208 e. The van der Waals surface area contributed by atoms with Crippen LogP contribution in [-0.2, 0) is 13.0 Å². The first kappa shape index (κ1) is 22.6. The molecule has 2 aromatic carbocycles. The number of aromatic nitrogens is 3. The van der Waals surface area contributed by atoms with E-state index in [4.69, 9.17) is 9.47 Å². The Morgan fingerprint density at radius 1 is 1.23 bits per heavy atom. The lowest BCUT2D eigenvalue weighted by molar-refractivity contribution is 0.261. The number of anilines is 1. The van der Waals surface area contributed by atoms with Crippen LogP contribution in [0.5, 0.6) is 11.5 Å². The normalized spacial score (nSPS) is 12.4. The Kier molecular flexibility index (Phi) is 6.21. The van der Waals surface area contributed by atoms with Crippen LogP contribution in [0.1, 0.15) is 16.8 Å². The van der Waals surface area contributed by atoms with Gasteiger partial charge in [-0.1, -0.05) is 12.1 Å².